The summed E-state index contributed by atoms with van der Waals surface area (Å²) in [6.07, 6.45) is 0.871. The van der Waals surface area contributed by atoms with Gasteiger partial charge in [0.15, 0.2) is 0 Å². The van der Waals surface area contributed by atoms with E-state index in [1.165, 1.54) is 17.0 Å². The molecule has 1 saturated heterocycles. The number of hydrogen-bond acceptors (Lipinski definition) is 2. The van der Waals surface area contributed by atoms with Gasteiger partial charge in [-0.25, -0.2) is 9.18 Å². The molecule has 1 heterocycles. The van der Waals surface area contributed by atoms with Gasteiger partial charge >= 0.3 is 6.03 Å². The minimum atomic E-state index is -0.788. The van der Waals surface area contributed by atoms with E-state index in [1.807, 2.05) is 0 Å². The fourth-order valence-corrected chi connectivity index (χ4v) is 2.46. The Kier molecular flexibility index (Phi) is 5.35. The molecule has 0 aromatic heterocycles. The van der Waals surface area contributed by atoms with Gasteiger partial charge in [-0.05, 0) is 30.0 Å². The van der Waals surface area contributed by atoms with Gasteiger partial charge in [-0.1, -0.05) is 26.0 Å². The number of benzene rings is 1. The summed E-state index contributed by atoms with van der Waals surface area (Å²) in [7, 11) is 0. The Balaban J connectivity index is 2.13. The van der Waals surface area contributed by atoms with Crippen molar-refractivity contribution in [3.8, 4) is 0 Å². The standard InChI is InChI=1S/C16H22FN3O2/c1-11(2)6-7-19-16(22)20-9-8-18-15(21)14(20)12-4-3-5-13(17)10-12/h3-5,10-11,14H,6-9H2,1-2H3,(H,18,21)(H,19,22)/t14-/m1/s1. The number of halogens is 1. The molecule has 1 aromatic carbocycles. The smallest absolute Gasteiger partial charge is 0.318 e. The third-order valence-corrected chi connectivity index (χ3v) is 3.64. The molecule has 1 aliphatic rings. The van der Waals surface area contributed by atoms with E-state index < -0.39 is 11.9 Å². The second-order valence-electron chi connectivity index (χ2n) is 5.86. The topological polar surface area (TPSA) is 61.4 Å². The van der Waals surface area contributed by atoms with Crippen LogP contribution < -0.4 is 10.6 Å². The van der Waals surface area contributed by atoms with Gasteiger partial charge in [0.05, 0.1) is 0 Å². The van der Waals surface area contributed by atoms with Crippen LogP contribution in [0.25, 0.3) is 0 Å². The average Bonchev–Trinajstić information content (AvgIpc) is 2.46. The zero-order valence-corrected chi connectivity index (χ0v) is 12.9. The molecule has 0 unspecified atom stereocenters. The number of urea groups is 1. The van der Waals surface area contributed by atoms with Gasteiger partial charge in [0, 0.05) is 19.6 Å². The molecule has 22 heavy (non-hydrogen) atoms. The van der Waals surface area contributed by atoms with E-state index in [9.17, 15) is 14.0 Å². The summed E-state index contributed by atoms with van der Waals surface area (Å²) in [4.78, 5) is 25.9. The maximum atomic E-state index is 13.4. The molecule has 5 nitrogen and oxygen atoms in total. The van der Waals surface area contributed by atoms with Crippen molar-refractivity contribution < 1.29 is 14.0 Å². The third-order valence-electron chi connectivity index (χ3n) is 3.64. The Hall–Kier alpha value is -2.11. The largest absolute Gasteiger partial charge is 0.352 e. The lowest BCUT2D eigenvalue weighted by molar-refractivity contribution is -0.127. The number of nitrogens with one attached hydrogen (secondary N) is 2. The normalized spacial score (nSPS) is 18.3. The van der Waals surface area contributed by atoms with Gasteiger partial charge in [-0.2, -0.15) is 0 Å². The van der Waals surface area contributed by atoms with Gasteiger partial charge in [0.2, 0.25) is 5.91 Å². The Morgan fingerprint density at radius 2 is 2.27 bits per heavy atom. The summed E-state index contributed by atoms with van der Waals surface area (Å²) in [5, 5.41) is 5.56. The van der Waals surface area contributed by atoms with Crippen LogP contribution in [0.1, 0.15) is 31.9 Å². The molecule has 1 atom stereocenters. The van der Waals surface area contributed by atoms with Gasteiger partial charge in [-0.3, -0.25) is 4.79 Å². The summed E-state index contributed by atoms with van der Waals surface area (Å²) in [6, 6.07) is 4.74. The number of piperazine rings is 1. The molecule has 2 N–H and O–H groups in total. The molecule has 1 aliphatic heterocycles. The van der Waals surface area contributed by atoms with Gasteiger partial charge in [0.25, 0.3) is 0 Å². The summed E-state index contributed by atoms with van der Waals surface area (Å²) < 4.78 is 13.4. The molecule has 6 heteroatoms. The highest BCUT2D eigenvalue weighted by Crippen LogP contribution is 2.24. The highest BCUT2D eigenvalue weighted by molar-refractivity contribution is 5.89. The van der Waals surface area contributed by atoms with E-state index in [1.54, 1.807) is 12.1 Å². The van der Waals surface area contributed by atoms with Crippen LogP contribution in [0, 0.1) is 11.7 Å². The fraction of sp³-hybridized carbons (Fsp3) is 0.500. The molecule has 2 rings (SSSR count). The third kappa shape index (κ3) is 3.96. The zero-order valence-electron chi connectivity index (χ0n) is 12.9. The van der Waals surface area contributed by atoms with Crippen molar-refractivity contribution in [2.75, 3.05) is 19.6 Å². The molecule has 0 aliphatic carbocycles. The number of carbonyl (C=O) groups excluding carboxylic acids is 2. The van der Waals surface area contributed by atoms with Crippen LogP contribution in [-0.2, 0) is 4.79 Å². The van der Waals surface area contributed by atoms with Crippen molar-refractivity contribution in [2.45, 2.75) is 26.3 Å². The lowest BCUT2D eigenvalue weighted by Gasteiger charge is -2.35. The zero-order chi connectivity index (χ0) is 16.1. The second-order valence-corrected chi connectivity index (χ2v) is 5.86. The Morgan fingerprint density at radius 3 is 2.95 bits per heavy atom. The maximum absolute atomic E-state index is 13.4. The number of carbonyl (C=O) groups is 2. The van der Waals surface area contributed by atoms with Crippen molar-refractivity contribution in [3.05, 3.63) is 35.6 Å². The number of nitrogens with zero attached hydrogens (tertiary/aromatic N) is 1. The Morgan fingerprint density at radius 1 is 1.50 bits per heavy atom. The maximum Gasteiger partial charge on any atom is 0.318 e. The summed E-state index contributed by atoms with van der Waals surface area (Å²) in [6.45, 7) is 5.53. The van der Waals surface area contributed by atoms with E-state index in [0.717, 1.165) is 6.42 Å². The predicted octanol–water partition coefficient (Wildman–Crippen LogP) is 2.05. The molecule has 0 bridgehead atoms. The molecule has 0 radical (unpaired) electrons. The number of rotatable bonds is 4. The van der Waals surface area contributed by atoms with Crippen LogP contribution >= 0.6 is 0 Å². The highest BCUT2D eigenvalue weighted by atomic mass is 19.1. The molecular weight excluding hydrogens is 285 g/mol. The lowest BCUT2D eigenvalue weighted by Crippen LogP contribution is -2.55. The SMILES string of the molecule is CC(C)CCNC(=O)N1CCNC(=O)[C@H]1c1cccc(F)c1. The van der Waals surface area contributed by atoms with Crippen molar-refractivity contribution in [2.24, 2.45) is 5.92 Å². The molecule has 0 spiro atoms. The average molecular weight is 307 g/mol. The van der Waals surface area contributed by atoms with Gasteiger partial charge in [-0.15, -0.1) is 0 Å². The fourth-order valence-electron chi connectivity index (χ4n) is 2.46. The van der Waals surface area contributed by atoms with Crippen LogP contribution in [-0.4, -0.2) is 36.5 Å². The lowest BCUT2D eigenvalue weighted by atomic mass is 10.0. The summed E-state index contributed by atoms with van der Waals surface area (Å²) >= 11 is 0. The number of hydrogen-bond donors (Lipinski definition) is 2. The summed E-state index contributed by atoms with van der Waals surface area (Å²) in [5.74, 6) is -0.212. The Bertz CT molecular complexity index is 548. The van der Waals surface area contributed by atoms with E-state index in [-0.39, 0.29) is 11.9 Å². The van der Waals surface area contributed by atoms with Gasteiger partial charge < -0.3 is 15.5 Å². The molecule has 3 amide bonds. The summed E-state index contributed by atoms with van der Waals surface area (Å²) in [5.41, 5.74) is 0.483. The van der Waals surface area contributed by atoms with Crippen LogP contribution in [0.2, 0.25) is 0 Å². The quantitative estimate of drug-likeness (QED) is 0.894. The van der Waals surface area contributed by atoms with E-state index in [0.29, 0.717) is 31.1 Å². The van der Waals surface area contributed by atoms with Crippen LogP contribution in [0.15, 0.2) is 24.3 Å². The van der Waals surface area contributed by atoms with Crippen molar-refractivity contribution in [1.29, 1.82) is 0 Å². The van der Waals surface area contributed by atoms with E-state index in [2.05, 4.69) is 24.5 Å². The van der Waals surface area contributed by atoms with E-state index in [4.69, 9.17) is 0 Å². The first kappa shape index (κ1) is 16.3. The van der Waals surface area contributed by atoms with Crippen LogP contribution in [0.4, 0.5) is 9.18 Å². The van der Waals surface area contributed by atoms with Crippen LogP contribution in [0.3, 0.4) is 0 Å². The highest BCUT2D eigenvalue weighted by Gasteiger charge is 2.34. The minimum absolute atomic E-state index is 0.282. The van der Waals surface area contributed by atoms with Gasteiger partial charge in [0.1, 0.15) is 11.9 Å². The predicted molar refractivity (Wildman–Crippen MR) is 81.7 cm³/mol. The monoisotopic (exact) mass is 307 g/mol. The van der Waals surface area contributed by atoms with Crippen molar-refractivity contribution in [1.82, 2.24) is 15.5 Å². The Labute approximate surface area is 129 Å². The molecular formula is C16H22FN3O2. The molecule has 0 saturated carbocycles. The molecule has 1 fully saturated rings. The first-order valence-electron chi connectivity index (χ1n) is 7.56. The number of amides is 3. The first-order chi connectivity index (χ1) is 10.5. The van der Waals surface area contributed by atoms with Crippen molar-refractivity contribution in [3.63, 3.8) is 0 Å². The van der Waals surface area contributed by atoms with Crippen molar-refractivity contribution >= 4 is 11.9 Å². The van der Waals surface area contributed by atoms with Crippen LogP contribution in [0.5, 0.6) is 0 Å². The van der Waals surface area contributed by atoms with E-state index >= 15 is 0 Å². The first-order valence-corrected chi connectivity index (χ1v) is 7.56. The molecule has 120 valence electrons. The molecule has 1 aromatic rings. The second kappa shape index (κ2) is 7.24. The minimum Gasteiger partial charge on any atom is -0.352 e.